The number of hydrogen-bond acceptors (Lipinski definition) is 1. The Balaban J connectivity index is 2.59. The van der Waals surface area contributed by atoms with Crippen LogP contribution in [0.15, 0.2) is 49.0 Å². The predicted octanol–water partition coefficient (Wildman–Crippen LogP) is 4.39. The van der Waals surface area contributed by atoms with Crippen molar-refractivity contribution in [2.24, 2.45) is 0 Å². The molecule has 2 aromatic carbocycles. The molecule has 0 aliphatic carbocycles. The van der Waals surface area contributed by atoms with Crippen molar-refractivity contribution in [3.8, 4) is 11.1 Å². The van der Waals surface area contributed by atoms with Crippen molar-refractivity contribution in [2.45, 2.75) is 13.8 Å². The lowest BCUT2D eigenvalue weighted by Gasteiger charge is -2.09. The fourth-order valence-electron chi connectivity index (χ4n) is 1.97. The van der Waals surface area contributed by atoms with Crippen LogP contribution in [0.5, 0.6) is 0 Å². The molecule has 2 rings (SSSR count). The zero-order valence-electron chi connectivity index (χ0n) is 11.1. The maximum absolute atomic E-state index is 11.4. The number of carboxylic acids is 1. The van der Waals surface area contributed by atoms with Gasteiger partial charge in [-0.05, 0) is 36.6 Å². The summed E-state index contributed by atoms with van der Waals surface area (Å²) < 4.78 is 0. The number of hydrogen-bond donors (Lipinski definition) is 1. The molecule has 0 saturated carbocycles. The second-order valence-electron chi connectivity index (χ2n) is 4.71. The molecule has 2 heteroatoms. The first kappa shape index (κ1) is 13.1. The topological polar surface area (TPSA) is 37.3 Å². The summed E-state index contributed by atoms with van der Waals surface area (Å²) in [6.45, 7) is 7.72. The van der Waals surface area contributed by atoms with E-state index in [-0.39, 0.29) is 0 Å². The van der Waals surface area contributed by atoms with Gasteiger partial charge in [0.1, 0.15) is 0 Å². The third kappa shape index (κ3) is 2.74. The van der Waals surface area contributed by atoms with Gasteiger partial charge < -0.3 is 5.11 Å². The number of carbonyl (C=O) groups is 1. The van der Waals surface area contributed by atoms with Gasteiger partial charge in [-0.2, -0.15) is 0 Å². The summed E-state index contributed by atoms with van der Waals surface area (Å²) in [4.78, 5) is 11.4. The van der Waals surface area contributed by atoms with Crippen molar-refractivity contribution in [3.05, 3.63) is 65.7 Å². The van der Waals surface area contributed by atoms with Gasteiger partial charge in [0.05, 0.1) is 5.56 Å². The molecule has 0 saturated heterocycles. The number of benzene rings is 2. The molecule has 96 valence electrons. The van der Waals surface area contributed by atoms with Crippen molar-refractivity contribution in [3.63, 3.8) is 0 Å². The Morgan fingerprint density at radius 3 is 2.26 bits per heavy atom. The van der Waals surface area contributed by atoms with Crippen LogP contribution >= 0.6 is 0 Å². The molecule has 0 spiro atoms. The van der Waals surface area contributed by atoms with Gasteiger partial charge >= 0.3 is 5.97 Å². The second kappa shape index (κ2) is 5.11. The summed E-state index contributed by atoms with van der Waals surface area (Å²) in [6, 6.07) is 13.3. The van der Waals surface area contributed by atoms with E-state index >= 15 is 0 Å². The first-order valence-corrected chi connectivity index (χ1v) is 6.09. The molecule has 0 heterocycles. The Labute approximate surface area is 113 Å². The van der Waals surface area contributed by atoms with Gasteiger partial charge in [-0.3, -0.25) is 0 Å². The highest BCUT2D eigenvalue weighted by atomic mass is 16.4. The molecule has 0 bridgehead atoms. The van der Waals surface area contributed by atoms with Gasteiger partial charge in [0, 0.05) is 0 Å². The summed E-state index contributed by atoms with van der Waals surface area (Å²) in [7, 11) is 0. The van der Waals surface area contributed by atoms with Gasteiger partial charge in [0.25, 0.3) is 0 Å². The van der Waals surface area contributed by atoms with Crippen LogP contribution in [0.4, 0.5) is 0 Å². The van der Waals surface area contributed by atoms with E-state index in [9.17, 15) is 9.90 Å². The second-order valence-corrected chi connectivity index (χ2v) is 4.71. The Hall–Kier alpha value is -2.35. The van der Waals surface area contributed by atoms with E-state index in [1.54, 1.807) is 6.07 Å². The summed E-state index contributed by atoms with van der Waals surface area (Å²) >= 11 is 0. The molecule has 2 nitrogen and oxygen atoms in total. The van der Waals surface area contributed by atoms with Crippen molar-refractivity contribution >= 4 is 11.5 Å². The van der Waals surface area contributed by atoms with Crippen LogP contribution in [0.1, 0.15) is 28.4 Å². The molecule has 0 atom stereocenters. The molecular weight excluding hydrogens is 236 g/mol. The van der Waals surface area contributed by atoms with E-state index in [4.69, 9.17) is 0 Å². The standard InChI is InChI=1S/C17H16O2/c1-11(2)14-8-9-15(16(10-14)17(18)19)13-6-4-12(3)5-7-13/h4-10H,1H2,2-3H3,(H,18,19). The van der Waals surface area contributed by atoms with Crippen LogP contribution in [-0.4, -0.2) is 11.1 Å². The number of aromatic carboxylic acids is 1. The largest absolute Gasteiger partial charge is 0.478 e. The highest BCUT2D eigenvalue weighted by Crippen LogP contribution is 2.27. The third-order valence-electron chi connectivity index (χ3n) is 3.11. The molecule has 2 aromatic rings. The average molecular weight is 252 g/mol. The number of carboxylic acid groups (broad SMARTS) is 1. The summed E-state index contributed by atoms with van der Waals surface area (Å²) in [5.74, 6) is -0.918. The van der Waals surface area contributed by atoms with Gasteiger partial charge in [0.2, 0.25) is 0 Å². The molecule has 0 fully saturated rings. The lowest BCUT2D eigenvalue weighted by molar-refractivity contribution is 0.0697. The van der Waals surface area contributed by atoms with Crippen LogP contribution < -0.4 is 0 Å². The molecule has 0 aliphatic rings. The average Bonchev–Trinajstić information content (AvgIpc) is 2.38. The van der Waals surface area contributed by atoms with E-state index in [0.717, 1.165) is 27.8 Å². The molecule has 0 radical (unpaired) electrons. The van der Waals surface area contributed by atoms with Crippen LogP contribution in [0.25, 0.3) is 16.7 Å². The Bertz CT molecular complexity index is 637. The maximum Gasteiger partial charge on any atom is 0.336 e. The van der Waals surface area contributed by atoms with E-state index in [1.165, 1.54) is 0 Å². The van der Waals surface area contributed by atoms with E-state index in [1.807, 2.05) is 50.2 Å². The Morgan fingerprint density at radius 2 is 1.74 bits per heavy atom. The minimum absolute atomic E-state index is 0.310. The third-order valence-corrected chi connectivity index (χ3v) is 3.11. The van der Waals surface area contributed by atoms with Gasteiger partial charge in [-0.25, -0.2) is 4.79 Å². The van der Waals surface area contributed by atoms with E-state index < -0.39 is 5.97 Å². The summed E-state index contributed by atoms with van der Waals surface area (Å²) in [5.41, 5.74) is 4.82. The lowest BCUT2D eigenvalue weighted by atomic mass is 9.95. The quantitative estimate of drug-likeness (QED) is 0.879. The first-order chi connectivity index (χ1) is 8.99. The number of aryl methyl sites for hydroxylation is 1. The Morgan fingerprint density at radius 1 is 1.11 bits per heavy atom. The molecule has 0 aliphatic heterocycles. The minimum atomic E-state index is -0.918. The van der Waals surface area contributed by atoms with Gasteiger partial charge in [-0.1, -0.05) is 54.1 Å². The smallest absolute Gasteiger partial charge is 0.336 e. The molecule has 0 aromatic heterocycles. The normalized spacial score (nSPS) is 10.2. The maximum atomic E-state index is 11.4. The minimum Gasteiger partial charge on any atom is -0.478 e. The van der Waals surface area contributed by atoms with Crippen LogP contribution in [-0.2, 0) is 0 Å². The monoisotopic (exact) mass is 252 g/mol. The first-order valence-electron chi connectivity index (χ1n) is 6.09. The van der Waals surface area contributed by atoms with Crippen molar-refractivity contribution in [1.82, 2.24) is 0 Å². The Kier molecular flexibility index (Phi) is 3.52. The van der Waals surface area contributed by atoms with Crippen LogP contribution in [0.2, 0.25) is 0 Å². The zero-order valence-corrected chi connectivity index (χ0v) is 11.1. The number of rotatable bonds is 3. The molecule has 1 N–H and O–H groups in total. The van der Waals surface area contributed by atoms with Crippen molar-refractivity contribution in [1.29, 1.82) is 0 Å². The molecular formula is C17H16O2. The van der Waals surface area contributed by atoms with Gasteiger partial charge in [0.15, 0.2) is 0 Å². The van der Waals surface area contributed by atoms with Crippen LogP contribution in [0, 0.1) is 6.92 Å². The molecule has 0 unspecified atom stereocenters. The molecule has 19 heavy (non-hydrogen) atoms. The zero-order chi connectivity index (χ0) is 14.0. The van der Waals surface area contributed by atoms with E-state index in [2.05, 4.69) is 6.58 Å². The predicted molar refractivity (Wildman–Crippen MR) is 78.3 cm³/mol. The highest BCUT2D eigenvalue weighted by Gasteiger charge is 2.12. The van der Waals surface area contributed by atoms with Crippen molar-refractivity contribution < 1.29 is 9.90 Å². The van der Waals surface area contributed by atoms with Crippen LogP contribution in [0.3, 0.4) is 0 Å². The molecule has 0 amide bonds. The van der Waals surface area contributed by atoms with E-state index in [0.29, 0.717) is 5.56 Å². The number of allylic oxidation sites excluding steroid dienone is 1. The lowest BCUT2D eigenvalue weighted by Crippen LogP contribution is -2.00. The summed E-state index contributed by atoms with van der Waals surface area (Å²) in [6.07, 6.45) is 0. The fourth-order valence-corrected chi connectivity index (χ4v) is 1.97. The van der Waals surface area contributed by atoms with Gasteiger partial charge in [-0.15, -0.1) is 0 Å². The SMILES string of the molecule is C=C(C)c1ccc(-c2ccc(C)cc2)c(C(=O)O)c1. The highest BCUT2D eigenvalue weighted by molar-refractivity contribution is 5.97. The fraction of sp³-hybridized carbons (Fsp3) is 0.118. The summed E-state index contributed by atoms with van der Waals surface area (Å²) in [5, 5.41) is 9.36. The van der Waals surface area contributed by atoms with Crippen molar-refractivity contribution in [2.75, 3.05) is 0 Å².